The Morgan fingerprint density at radius 2 is 0.840 bits per heavy atom. The van der Waals surface area contributed by atoms with Gasteiger partial charge in [0.25, 0.3) is 0 Å². The van der Waals surface area contributed by atoms with E-state index in [1.54, 1.807) is 21.3 Å². The van der Waals surface area contributed by atoms with E-state index in [0.717, 1.165) is 123 Å². The summed E-state index contributed by atoms with van der Waals surface area (Å²) in [6.07, 6.45) is 5.49. The largest absolute Gasteiger partial charge is 1.00 e. The third-order valence-corrected chi connectivity index (χ3v) is 11.4. The van der Waals surface area contributed by atoms with Crippen molar-refractivity contribution in [3.05, 3.63) is 0 Å². The molecule has 0 aliphatic carbocycles. The van der Waals surface area contributed by atoms with Gasteiger partial charge in [-0.3, -0.25) is 14.6 Å². The van der Waals surface area contributed by atoms with Crippen LogP contribution >= 0.6 is 0 Å². The van der Waals surface area contributed by atoms with Crippen molar-refractivity contribution in [3.63, 3.8) is 0 Å². The molecule has 6 unspecified atom stereocenters. The van der Waals surface area contributed by atoms with Crippen molar-refractivity contribution in [2.24, 2.45) is 0 Å². The number of amides is 1. The second kappa shape index (κ2) is 74.5. The van der Waals surface area contributed by atoms with E-state index in [4.69, 9.17) is 24.8 Å². The molecule has 1 fully saturated rings. The molecule has 0 saturated carbocycles. The van der Waals surface area contributed by atoms with E-state index < -0.39 is 0 Å². The number of carbonyl (C=O) groups excluding carboxylic acids is 1. The molecule has 19 nitrogen and oxygen atoms in total. The number of halogens is 6. The molecule has 0 bridgehead atoms. The number of nitrogens with one attached hydrogen (secondary N) is 1. The highest BCUT2D eigenvalue weighted by Crippen LogP contribution is 2.10. The molecule has 0 aromatic heterocycles. The molecule has 25 heteroatoms. The maximum atomic E-state index is 10.9. The number of β-amino-alcohol motifs (C(OH)–C–C–N with tert-alkyl or cyclic N) is 1. The smallest absolute Gasteiger partial charge is 0.221 e. The molecule has 1 aliphatic heterocycles. The van der Waals surface area contributed by atoms with Gasteiger partial charge in [0.05, 0.1) is 69.2 Å². The van der Waals surface area contributed by atoms with Gasteiger partial charge < -0.3 is 155 Å². The van der Waals surface area contributed by atoms with E-state index >= 15 is 0 Å². The lowest BCUT2D eigenvalue weighted by Crippen LogP contribution is -3.00. The summed E-state index contributed by atoms with van der Waals surface area (Å²) < 4.78 is 9.87. The van der Waals surface area contributed by atoms with Crippen LogP contribution in [0.4, 0.5) is 0 Å². The Kier molecular flexibility index (Phi) is 100. The third kappa shape index (κ3) is 76.6. The van der Waals surface area contributed by atoms with Crippen molar-refractivity contribution >= 4 is 5.91 Å². The Morgan fingerprint density at radius 3 is 1.16 bits per heavy atom. The van der Waals surface area contributed by atoms with Gasteiger partial charge in [-0.25, -0.2) is 0 Å². The van der Waals surface area contributed by atoms with Crippen LogP contribution in [-0.2, 0) is 14.3 Å². The predicted octanol–water partition coefficient (Wildman–Crippen LogP) is -17.1. The number of likely N-dealkylation sites (tertiary alicyclic amines) is 1. The summed E-state index contributed by atoms with van der Waals surface area (Å²) in [6.45, 7) is 29.4. The van der Waals surface area contributed by atoms with Crippen LogP contribution in [0.3, 0.4) is 0 Å². The highest BCUT2D eigenvalue weighted by molar-refractivity contribution is 5.75. The first kappa shape index (κ1) is 101. The second-order valence-electron chi connectivity index (χ2n) is 17.8. The van der Waals surface area contributed by atoms with Gasteiger partial charge in [-0.2, -0.15) is 0 Å². The second-order valence-corrected chi connectivity index (χ2v) is 17.8. The molecule has 0 aromatic carbocycles. The van der Waals surface area contributed by atoms with Crippen molar-refractivity contribution in [2.45, 2.75) is 156 Å². The summed E-state index contributed by atoms with van der Waals surface area (Å²) in [5.74, 6) is 0.0397. The molecule has 0 spiro atoms. The minimum Gasteiger partial charge on any atom is -1.00 e. The van der Waals surface area contributed by atoms with E-state index in [9.17, 15) is 35.4 Å². The standard InChI is InChI=1S/C9H20N2O2.C9H19NO2.C9H21NO2.2C8H19NO2.C7H17NO2.6ClH/c1-4-8(12)7-11(3)6-5-9(13)10-2;1-2-8(11)7-10-5-3-9(12)4-6-10;1-4-9(11)8-10(5-2)6-7-12-3;1-4-8(10)7-9(2)5-6-11-3;1-3-8(11)7-9(4-2)5-6-10;1-3-7(10)6-8(2)4-5-9;;;;;;/h8,12H,4-7H2,1-3H3,(H,10,13);8-9,11-12H,2-7H2,1H3;9,11H,4-8H2,1-3H3;8,10H,4-7H2,1-3H3;8,10-11H,3-7H2,1-2H3;7,9-10H,3-6H2,1-2H3;6*1H/p-6. The SMILES string of the molecule is CCC(O)CN(C)CCC(=O)NC.CCC(O)CN(C)CCO.CCC(O)CN(C)CCOC.CCC(O)CN(CC)CCO.CCC(O)CN(CC)CCOC.CCC(O)CN1CCC(O)CC1.[Cl-].[Cl-].[Cl-].[Cl-].[Cl-].[Cl-]. The van der Waals surface area contributed by atoms with Crippen LogP contribution in [-0.4, -0.2) is 291 Å². The highest BCUT2D eigenvalue weighted by Gasteiger charge is 2.18. The molecule has 1 amide bonds. The fourth-order valence-corrected chi connectivity index (χ4v) is 6.08. The van der Waals surface area contributed by atoms with Crippen molar-refractivity contribution in [2.75, 3.05) is 167 Å². The Balaban J connectivity index is -0.0000000718. The van der Waals surface area contributed by atoms with E-state index in [1.165, 1.54) is 0 Å². The van der Waals surface area contributed by atoms with Gasteiger partial charge in [-0.15, -0.1) is 0 Å². The fraction of sp³-hybridized carbons (Fsp3) is 0.980. The summed E-state index contributed by atoms with van der Waals surface area (Å²) >= 11 is 0. The predicted molar refractivity (Wildman–Crippen MR) is 283 cm³/mol. The molecule has 75 heavy (non-hydrogen) atoms. The van der Waals surface area contributed by atoms with Crippen LogP contribution in [0.15, 0.2) is 0 Å². The summed E-state index contributed by atoms with van der Waals surface area (Å²) in [6, 6.07) is 0. The van der Waals surface area contributed by atoms with Gasteiger partial charge in [-0.05, 0) is 85.6 Å². The summed E-state index contributed by atoms with van der Waals surface area (Å²) in [5.41, 5.74) is 0. The van der Waals surface area contributed by atoms with Gasteiger partial charge in [0, 0.05) is 113 Å². The summed E-state index contributed by atoms with van der Waals surface area (Å²) in [5, 5.41) is 84.6. The molecule has 0 aromatic rings. The number of piperidine rings is 1. The zero-order valence-electron chi connectivity index (χ0n) is 49.0. The lowest BCUT2D eigenvalue weighted by molar-refractivity contribution is -0.121. The number of aliphatic hydroxyl groups excluding tert-OH is 9. The average molecular weight is 1220 g/mol. The maximum Gasteiger partial charge on any atom is 0.221 e. The molecule has 10 N–H and O–H groups in total. The zero-order chi connectivity index (χ0) is 54.0. The number of hydrogen-bond donors (Lipinski definition) is 10. The Hall–Kier alpha value is 0.530. The lowest BCUT2D eigenvalue weighted by atomic mass is 10.1. The van der Waals surface area contributed by atoms with E-state index in [-0.39, 0.29) is 136 Å². The van der Waals surface area contributed by atoms with Gasteiger partial charge in [-0.1, -0.05) is 55.4 Å². The number of likely N-dealkylation sites (N-methyl/N-ethyl adjacent to an activating group) is 5. The zero-order valence-corrected chi connectivity index (χ0v) is 53.6. The molecular formula is C50H115Cl6N7O12-6. The number of methoxy groups -OCH3 is 2. The Morgan fingerprint density at radius 1 is 0.520 bits per heavy atom. The third-order valence-electron chi connectivity index (χ3n) is 11.4. The summed E-state index contributed by atoms with van der Waals surface area (Å²) in [7, 11) is 10.8. The normalized spacial score (nSPS) is 14.3. The topological polar surface area (TPSA) is 249 Å². The number of nitrogens with zero attached hydrogens (tertiary/aromatic N) is 6. The van der Waals surface area contributed by atoms with Crippen molar-refractivity contribution in [1.29, 1.82) is 0 Å². The number of aliphatic hydroxyl groups is 9. The van der Waals surface area contributed by atoms with E-state index in [2.05, 4.69) is 26.9 Å². The molecule has 1 heterocycles. The molecule has 0 radical (unpaired) electrons. The Bertz CT molecular complexity index is 1030. The molecule has 1 aliphatic rings. The maximum absolute atomic E-state index is 10.9. The molecule has 1 rings (SSSR count). The lowest BCUT2D eigenvalue weighted by Gasteiger charge is -2.30. The van der Waals surface area contributed by atoms with Gasteiger partial charge >= 0.3 is 0 Å². The van der Waals surface area contributed by atoms with Crippen LogP contribution < -0.4 is 79.8 Å². The highest BCUT2D eigenvalue weighted by atomic mass is 35.5. The first-order valence-corrected chi connectivity index (χ1v) is 26.1. The minimum atomic E-state index is -0.283. The van der Waals surface area contributed by atoms with Crippen LogP contribution in [0.5, 0.6) is 0 Å². The molecule has 1 saturated heterocycles. The first-order chi connectivity index (χ1) is 32.7. The number of hydrogen-bond acceptors (Lipinski definition) is 18. The number of rotatable bonds is 33. The van der Waals surface area contributed by atoms with Crippen LogP contribution in [0.1, 0.15) is 113 Å². The van der Waals surface area contributed by atoms with Crippen LogP contribution in [0.25, 0.3) is 0 Å². The number of carbonyl (C=O) groups is 1. The Labute approximate surface area is 495 Å². The number of ether oxygens (including phenoxy) is 2. The summed E-state index contributed by atoms with van der Waals surface area (Å²) in [4.78, 5) is 23.3. The fourth-order valence-electron chi connectivity index (χ4n) is 6.08. The van der Waals surface area contributed by atoms with E-state index in [0.29, 0.717) is 45.7 Å². The van der Waals surface area contributed by atoms with Gasteiger partial charge in [0.15, 0.2) is 0 Å². The molecular weight excluding hydrogens is 1100 g/mol. The van der Waals surface area contributed by atoms with Crippen molar-refractivity contribution < 1.29 is 135 Å². The first-order valence-electron chi connectivity index (χ1n) is 26.1. The van der Waals surface area contributed by atoms with Gasteiger partial charge in [0.1, 0.15) is 0 Å². The molecule has 470 valence electrons. The van der Waals surface area contributed by atoms with Crippen molar-refractivity contribution in [1.82, 2.24) is 34.7 Å². The average Bonchev–Trinajstić information content (AvgIpc) is 3.34. The monoisotopic (exact) mass is 1220 g/mol. The minimum absolute atomic E-state index is 0. The quantitative estimate of drug-likeness (QED) is 0.0293. The van der Waals surface area contributed by atoms with Crippen LogP contribution in [0.2, 0.25) is 0 Å². The van der Waals surface area contributed by atoms with Crippen molar-refractivity contribution in [3.8, 4) is 0 Å². The molecule has 6 atom stereocenters. The van der Waals surface area contributed by atoms with Gasteiger partial charge in [0.2, 0.25) is 5.91 Å². The van der Waals surface area contributed by atoms with E-state index in [1.807, 2.05) is 84.3 Å². The van der Waals surface area contributed by atoms with Crippen LogP contribution in [0, 0.1) is 0 Å².